The summed E-state index contributed by atoms with van der Waals surface area (Å²) in [6.07, 6.45) is 4.20. The third-order valence-electron chi connectivity index (χ3n) is 4.65. The van der Waals surface area contributed by atoms with E-state index in [-0.39, 0.29) is 5.91 Å². The molecule has 0 bridgehead atoms. The highest BCUT2D eigenvalue weighted by Gasteiger charge is 2.22. The lowest BCUT2D eigenvalue weighted by Gasteiger charge is -2.07. The van der Waals surface area contributed by atoms with Crippen molar-refractivity contribution in [1.82, 2.24) is 20.1 Å². The van der Waals surface area contributed by atoms with E-state index >= 15 is 0 Å². The van der Waals surface area contributed by atoms with Gasteiger partial charge in [-0.05, 0) is 43.4 Å². The second-order valence-electron chi connectivity index (χ2n) is 6.94. The van der Waals surface area contributed by atoms with E-state index in [9.17, 15) is 4.79 Å². The molecule has 0 aliphatic heterocycles. The average Bonchev–Trinajstić information content (AvgIpc) is 3.50. The summed E-state index contributed by atoms with van der Waals surface area (Å²) in [5.41, 5.74) is 2.65. The molecule has 0 spiro atoms. The van der Waals surface area contributed by atoms with Crippen molar-refractivity contribution in [2.75, 3.05) is 6.61 Å². The second kappa shape index (κ2) is 8.02. The first-order valence-electron chi connectivity index (χ1n) is 9.28. The van der Waals surface area contributed by atoms with Gasteiger partial charge >= 0.3 is 0 Å². The summed E-state index contributed by atoms with van der Waals surface area (Å²) in [6, 6.07) is 13.2. The maximum absolute atomic E-state index is 12.7. The number of nitrogens with zero attached hydrogens (tertiary/aromatic N) is 3. The van der Waals surface area contributed by atoms with Crippen molar-refractivity contribution in [3.8, 4) is 11.6 Å². The molecule has 0 saturated heterocycles. The van der Waals surface area contributed by atoms with Crippen molar-refractivity contribution in [2.45, 2.75) is 26.3 Å². The Hall–Kier alpha value is -2.86. The van der Waals surface area contributed by atoms with Gasteiger partial charge in [0.15, 0.2) is 0 Å². The summed E-state index contributed by atoms with van der Waals surface area (Å²) >= 11 is 6.44. The van der Waals surface area contributed by atoms with Gasteiger partial charge in [0, 0.05) is 18.8 Å². The zero-order valence-corrected chi connectivity index (χ0v) is 16.3. The molecule has 1 aliphatic rings. The van der Waals surface area contributed by atoms with Crippen LogP contribution in [0.3, 0.4) is 0 Å². The maximum atomic E-state index is 12.7. The number of pyridine rings is 1. The first-order chi connectivity index (χ1) is 13.6. The van der Waals surface area contributed by atoms with E-state index in [1.54, 1.807) is 17.8 Å². The molecule has 1 N–H and O–H groups in total. The number of amides is 1. The van der Waals surface area contributed by atoms with Gasteiger partial charge in [-0.3, -0.25) is 4.79 Å². The molecule has 4 rings (SSSR count). The summed E-state index contributed by atoms with van der Waals surface area (Å²) in [5, 5.41) is 7.58. The molecule has 0 atom stereocenters. The van der Waals surface area contributed by atoms with Crippen LogP contribution in [0.4, 0.5) is 0 Å². The Balaban J connectivity index is 1.40. The molecular weight excluding hydrogens is 376 g/mol. The third-order valence-corrected chi connectivity index (χ3v) is 5.00. The summed E-state index contributed by atoms with van der Waals surface area (Å²) in [4.78, 5) is 17.0. The van der Waals surface area contributed by atoms with Crippen LogP contribution in [-0.2, 0) is 6.54 Å². The van der Waals surface area contributed by atoms with E-state index in [4.69, 9.17) is 16.3 Å². The standard InChI is InChI=1S/C21H21ClN4O2/c1-14-19(20(22)26(25-14)17-5-3-2-4-6-17)21(27)24-12-16-9-10-18(23-11-16)28-13-15-7-8-15/h2-6,9-11,15H,7-8,12-13H2,1H3,(H,24,27). The molecule has 1 amide bonds. The predicted molar refractivity (Wildman–Crippen MR) is 107 cm³/mol. The van der Waals surface area contributed by atoms with E-state index in [1.807, 2.05) is 42.5 Å². The topological polar surface area (TPSA) is 69.0 Å². The SMILES string of the molecule is Cc1nn(-c2ccccc2)c(Cl)c1C(=O)NCc1ccc(OCC2CC2)nc1. The van der Waals surface area contributed by atoms with E-state index in [0.717, 1.165) is 17.9 Å². The Bertz CT molecular complexity index is 966. The molecular formula is C21H21ClN4O2. The quantitative estimate of drug-likeness (QED) is 0.656. The molecule has 3 aromatic rings. The van der Waals surface area contributed by atoms with Gasteiger partial charge in [-0.2, -0.15) is 5.10 Å². The largest absolute Gasteiger partial charge is 0.477 e. The lowest BCUT2D eigenvalue weighted by atomic mass is 10.2. The number of aromatic nitrogens is 3. The van der Waals surface area contributed by atoms with Gasteiger partial charge in [-0.1, -0.05) is 35.9 Å². The fourth-order valence-corrected chi connectivity index (χ4v) is 3.21. The minimum Gasteiger partial charge on any atom is -0.477 e. The molecule has 28 heavy (non-hydrogen) atoms. The lowest BCUT2D eigenvalue weighted by molar-refractivity contribution is 0.0950. The summed E-state index contributed by atoms with van der Waals surface area (Å²) in [6.45, 7) is 2.85. The van der Waals surface area contributed by atoms with Crippen LogP contribution < -0.4 is 10.1 Å². The highest BCUT2D eigenvalue weighted by atomic mass is 35.5. The first-order valence-corrected chi connectivity index (χ1v) is 9.66. The Morgan fingerprint density at radius 3 is 2.71 bits per heavy atom. The summed E-state index contributed by atoms with van der Waals surface area (Å²) in [7, 11) is 0. The second-order valence-corrected chi connectivity index (χ2v) is 7.30. The highest BCUT2D eigenvalue weighted by Crippen LogP contribution is 2.29. The fraction of sp³-hybridized carbons (Fsp3) is 0.286. The fourth-order valence-electron chi connectivity index (χ4n) is 2.86. The molecule has 2 heterocycles. The van der Waals surface area contributed by atoms with Crippen LogP contribution in [0.2, 0.25) is 5.15 Å². The molecule has 6 nitrogen and oxygen atoms in total. The average molecular weight is 397 g/mol. The van der Waals surface area contributed by atoms with Gasteiger partial charge in [0.05, 0.1) is 23.6 Å². The van der Waals surface area contributed by atoms with E-state index in [2.05, 4.69) is 15.4 Å². The van der Waals surface area contributed by atoms with E-state index < -0.39 is 0 Å². The van der Waals surface area contributed by atoms with E-state index in [1.165, 1.54) is 12.8 Å². The number of halogens is 1. The third kappa shape index (κ3) is 4.17. The van der Waals surface area contributed by atoms with E-state index in [0.29, 0.717) is 34.8 Å². The van der Waals surface area contributed by atoms with Crippen LogP contribution in [0.25, 0.3) is 5.69 Å². The van der Waals surface area contributed by atoms with Crippen LogP contribution in [-0.4, -0.2) is 27.3 Å². The molecule has 1 aliphatic carbocycles. The number of carbonyl (C=O) groups excluding carboxylic acids is 1. The van der Waals surface area contributed by atoms with Gasteiger partial charge in [-0.25, -0.2) is 9.67 Å². The summed E-state index contributed by atoms with van der Waals surface area (Å²) < 4.78 is 7.20. The molecule has 7 heteroatoms. The lowest BCUT2D eigenvalue weighted by Crippen LogP contribution is -2.23. The molecule has 1 aromatic carbocycles. The van der Waals surface area contributed by atoms with Crippen molar-refractivity contribution in [2.24, 2.45) is 5.92 Å². The van der Waals surface area contributed by atoms with Crippen LogP contribution in [0.1, 0.15) is 34.5 Å². The first kappa shape index (κ1) is 18.5. The number of hydrogen-bond acceptors (Lipinski definition) is 4. The molecule has 1 fully saturated rings. The van der Waals surface area contributed by atoms with Gasteiger partial charge in [0.2, 0.25) is 5.88 Å². The number of aryl methyl sites for hydroxylation is 1. The van der Waals surface area contributed by atoms with Crippen molar-refractivity contribution >= 4 is 17.5 Å². The van der Waals surface area contributed by atoms with Crippen molar-refractivity contribution in [1.29, 1.82) is 0 Å². The van der Waals surface area contributed by atoms with Gasteiger partial charge in [0.1, 0.15) is 5.15 Å². The van der Waals surface area contributed by atoms with Crippen LogP contribution in [0.15, 0.2) is 48.7 Å². The number of para-hydroxylation sites is 1. The maximum Gasteiger partial charge on any atom is 0.256 e. The van der Waals surface area contributed by atoms with Gasteiger partial charge in [0.25, 0.3) is 5.91 Å². The molecule has 1 saturated carbocycles. The van der Waals surface area contributed by atoms with Crippen LogP contribution in [0, 0.1) is 12.8 Å². The van der Waals surface area contributed by atoms with Crippen LogP contribution in [0.5, 0.6) is 5.88 Å². The predicted octanol–water partition coefficient (Wildman–Crippen LogP) is 3.95. The number of carbonyl (C=O) groups is 1. The smallest absolute Gasteiger partial charge is 0.256 e. The van der Waals surface area contributed by atoms with Crippen LogP contribution >= 0.6 is 11.6 Å². The van der Waals surface area contributed by atoms with Crippen molar-refractivity contribution in [3.63, 3.8) is 0 Å². The van der Waals surface area contributed by atoms with Gasteiger partial charge < -0.3 is 10.1 Å². The number of benzene rings is 1. The Morgan fingerprint density at radius 2 is 2.04 bits per heavy atom. The molecule has 0 radical (unpaired) electrons. The zero-order valence-electron chi connectivity index (χ0n) is 15.6. The van der Waals surface area contributed by atoms with Gasteiger partial charge in [-0.15, -0.1) is 0 Å². The number of hydrogen-bond donors (Lipinski definition) is 1. The van der Waals surface area contributed by atoms with Crippen molar-refractivity contribution in [3.05, 3.63) is 70.6 Å². The van der Waals surface area contributed by atoms with Crippen molar-refractivity contribution < 1.29 is 9.53 Å². The number of rotatable bonds is 7. The monoisotopic (exact) mass is 396 g/mol. The normalized spacial score (nSPS) is 13.4. The molecule has 144 valence electrons. The Labute approximate surface area is 168 Å². The molecule has 0 unspecified atom stereocenters. The minimum atomic E-state index is -0.265. The number of ether oxygens (including phenoxy) is 1. The Morgan fingerprint density at radius 1 is 1.25 bits per heavy atom. The summed E-state index contributed by atoms with van der Waals surface area (Å²) in [5.74, 6) is 1.04. The molecule has 2 aromatic heterocycles. The number of nitrogens with one attached hydrogen (secondary N) is 1. The zero-order chi connectivity index (χ0) is 19.5. The minimum absolute atomic E-state index is 0.265. The highest BCUT2D eigenvalue weighted by molar-refractivity contribution is 6.33. The Kier molecular flexibility index (Phi) is 5.30.